The molecule has 0 radical (unpaired) electrons. The van der Waals surface area contributed by atoms with Crippen molar-refractivity contribution in [1.82, 2.24) is 10.6 Å². The second-order valence-corrected chi connectivity index (χ2v) is 4.65. The van der Waals surface area contributed by atoms with Crippen molar-refractivity contribution in [2.45, 2.75) is 18.9 Å². The molecular formula is C14H16F2N2O3. The maximum absolute atomic E-state index is 13.4. The van der Waals surface area contributed by atoms with Gasteiger partial charge in [0.05, 0.1) is 0 Å². The molecule has 2 rings (SSSR count). The highest BCUT2D eigenvalue weighted by Gasteiger charge is 2.23. The standard InChI is InChI=1S/C14H16F2N2O3/c15-9-3-1-4-10(16)12(9)14(20)18-7-6-17-13(19)11-5-2-8-21-11/h1,3-4,11H,2,5-8H2,(H,17,19)(H,18,20). The number of hydrogen-bond donors (Lipinski definition) is 2. The summed E-state index contributed by atoms with van der Waals surface area (Å²) in [5, 5.41) is 4.95. The molecule has 2 N–H and O–H groups in total. The number of hydrogen-bond acceptors (Lipinski definition) is 3. The Morgan fingerprint density at radius 2 is 1.86 bits per heavy atom. The van der Waals surface area contributed by atoms with Gasteiger partial charge in [-0.1, -0.05) is 6.07 Å². The Kier molecular flexibility index (Phi) is 5.21. The number of nitrogens with one attached hydrogen (secondary N) is 2. The first kappa shape index (κ1) is 15.4. The van der Waals surface area contributed by atoms with E-state index in [0.717, 1.165) is 18.6 Å². The Morgan fingerprint density at radius 3 is 2.48 bits per heavy atom. The van der Waals surface area contributed by atoms with Crippen LogP contribution in [0.3, 0.4) is 0 Å². The molecule has 1 saturated heterocycles. The van der Waals surface area contributed by atoms with Crippen LogP contribution in [-0.2, 0) is 9.53 Å². The maximum Gasteiger partial charge on any atom is 0.257 e. The molecule has 1 aromatic carbocycles. The predicted molar refractivity (Wildman–Crippen MR) is 70.7 cm³/mol. The minimum Gasteiger partial charge on any atom is -0.368 e. The number of rotatable bonds is 5. The first-order chi connectivity index (χ1) is 10.1. The van der Waals surface area contributed by atoms with Gasteiger partial charge in [-0.3, -0.25) is 9.59 Å². The Bertz CT molecular complexity index is 511. The summed E-state index contributed by atoms with van der Waals surface area (Å²) >= 11 is 0. The lowest BCUT2D eigenvalue weighted by atomic mass is 10.2. The molecule has 0 aliphatic carbocycles. The number of carbonyl (C=O) groups is 2. The van der Waals surface area contributed by atoms with E-state index < -0.39 is 29.2 Å². The number of amides is 2. The van der Waals surface area contributed by atoms with Crippen LogP contribution in [0.4, 0.5) is 8.78 Å². The van der Waals surface area contributed by atoms with Gasteiger partial charge in [0.15, 0.2) is 0 Å². The second-order valence-electron chi connectivity index (χ2n) is 4.65. The molecule has 1 aliphatic heterocycles. The predicted octanol–water partition coefficient (Wildman–Crippen LogP) is 0.990. The summed E-state index contributed by atoms with van der Waals surface area (Å²) in [6.07, 6.45) is 1.09. The summed E-state index contributed by atoms with van der Waals surface area (Å²) in [5.74, 6) is -2.93. The van der Waals surface area contributed by atoms with Crippen molar-refractivity contribution in [3.63, 3.8) is 0 Å². The molecule has 0 bridgehead atoms. The molecule has 2 amide bonds. The van der Waals surface area contributed by atoms with E-state index in [0.29, 0.717) is 13.0 Å². The van der Waals surface area contributed by atoms with E-state index in [4.69, 9.17) is 4.74 Å². The van der Waals surface area contributed by atoms with E-state index >= 15 is 0 Å². The fraction of sp³-hybridized carbons (Fsp3) is 0.429. The maximum atomic E-state index is 13.4. The van der Waals surface area contributed by atoms with E-state index in [1.165, 1.54) is 6.07 Å². The average Bonchev–Trinajstić information content (AvgIpc) is 2.97. The monoisotopic (exact) mass is 298 g/mol. The van der Waals surface area contributed by atoms with Crippen molar-refractivity contribution in [3.8, 4) is 0 Å². The van der Waals surface area contributed by atoms with Crippen molar-refractivity contribution in [3.05, 3.63) is 35.4 Å². The molecule has 1 aliphatic rings. The lowest BCUT2D eigenvalue weighted by Gasteiger charge is -2.11. The molecular weight excluding hydrogens is 282 g/mol. The number of carbonyl (C=O) groups excluding carboxylic acids is 2. The Balaban J connectivity index is 1.75. The molecule has 1 aromatic rings. The summed E-state index contributed by atoms with van der Waals surface area (Å²) < 4.78 is 31.9. The van der Waals surface area contributed by atoms with Crippen LogP contribution in [0, 0.1) is 11.6 Å². The van der Waals surface area contributed by atoms with E-state index in [9.17, 15) is 18.4 Å². The highest BCUT2D eigenvalue weighted by atomic mass is 19.1. The van der Waals surface area contributed by atoms with E-state index in [2.05, 4.69) is 10.6 Å². The van der Waals surface area contributed by atoms with Crippen LogP contribution in [0.5, 0.6) is 0 Å². The van der Waals surface area contributed by atoms with Gasteiger partial charge in [-0.2, -0.15) is 0 Å². The molecule has 1 atom stereocenters. The van der Waals surface area contributed by atoms with Crippen molar-refractivity contribution in [1.29, 1.82) is 0 Å². The van der Waals surface area contributed by atoms with Gasteiger partial charge in [0.1, 0.15) is 23.3 Å². The lowest BCUT2D eigenvalue weighted by molar-refractivity contribution is -0.129. The highest BCUT2D eigenvalue weighted by Crippen LogP contribution is 2.12. The molecule has 114 valence electrons. The molecule has 0 aromatic heterocycles. The van der Waals surface area contributed by atoms with Crippen LogP contribution in [0.2, 0.25) is 0 Å². The van der Waals surface area contributed by atoms with Crippen molar-refractivity contribution in [2.75, 3.05) is 19.7 Å². The van der Waals surface area contributed by atoms with Gasteiger partial charge in [-0.05, 0) is 25.0 Å². The van der Waals surface area contributed by atoms with Gasteiger partial charge in [0.25, 0.3) is 5.91 Å². The van der Waals surface area contributed by atoms with E-state index in [1.807, 2.05) is 0 Å². The summed E-state index contributed by atoms with van der Waals surface area (Å²) in [5.41, 5.74) is -0.622. The minimum atomic E-state index is -0.920. The number of halogens is 2. The quantitative estimate of drug-likeness (QED) is 0.797. The molecule has 1 unspecified atom stereocenters. The zero-order chi connectivity index (χ0) is 15.2. The molecule has 7 heteroatoms. The van der Waals surface area contributed by atoms with Crippen LogP contribution in [0.25, 0.3) is 0 Å². The molecule has 21 heavy (non-hydrogen) atoms. The average molecular weight is 298 g/mol. The van der Waals surface area contributed by atoms with Gasteiger partial charge in [-0.15, -0.1) is 0 Å². The number of ether oxygens (including phenoxy) is 1. The van der Waals surface area contributed by atoms with E-state index in [1.54, 1.807) is 0 Å². The van der Waals surface area contributed by atoms with Crippen LogP contribution in [0.15, 0.2) is 18.2 Å². The topological polar surface area (TPSA) is 67.4 Å². The van der Waals surface area contributed by atoms with E-state index in [-0.39, 0.29) is 19.0 Å². The summed E-state index contributed by atoms with van der Waals surface area (Å²) in [6.45, 7) is 0.812. The molecule has 1 heterocycles. The highest BCUT2D eigenvalue weighted by molar-refractivity contribution is 5.94. The van der Waals surface area contributed by atoms with Crippen molar-refractivity contribution < 1.29 is 23.1 Å². The fourth-order valence-electron chi connectivity index (χ4n) is 2.06. The van der Waals surface area contributed by atoms with Crippen LogP contribution in [0.1, 0.15) is 23.2 Å². The first-order valence-corrected chi connectivity index (χ1v) is 6.71. The zero-order valence-corrected chi connectivity index (χ0v) is 11.3. The molecule has 1 fully saturated rings. The second kappa shape index (κ2) is 7.12. The minimum absolute atomic E-state index is 0.0745. The van der Waals surface area contributed by atoms with Crippen LogP contribution in [-0.4, -0.2) is 37.6 Å². The lowest BCUT2D eigenvalue weighted by Crippen LogP contribution is -2.39. The number of benzene rings is 1. The summed E-state index contributed by atoms with van der Waals surface area (Å²) in [6, 6.07) is 3.21. The third-order valence-corrected chi connectivity index (χ3v) is 3.12. The zero-order valence-electron chi connectivity index (χ0n) is 11.3. The van der Waals surface area contributed by atoms with Crippen LogP contribution >= 0.6 is 0 Å². The SMILES string of the molecule is O=C(NCCNC(=O)C1CCCO1)c1c(F)cccc1F. The van der Waals surface area contributed by atoms with Gasteiger partial charge < -0.3 is 15.4 Å². The normalized spacial score (nSPS) is 17.5. The van der Waals surface area contributed by atoms with Gasteiger partial charge in [-0.25, -0.2) is 8.78 Å². The molecule has 5 nitrogen and oxygen atoms in total. The summed E-state index contributed by atoms with van der Waals surface area (Å²) in [7, 11) is 0. The van der Waals surface area contributed by atoms with Gasteiger partial charge >= 0.3 is 0 Å². The Hall–Kier alpha value is -2.02. The van der Waals surface area contributed by atoms with Crippen molar-refractivity contribution >= 4 is 11.8 Å². The first-order valence-electron chi connectivity index (χ1n) is 6.71. The van der Waals surface area contributed by atoms with Gasteiger partial charge in [0.2, 0.25) is 5.91 Å². The smallest absolute Gasteiger partial charge is 0.257 e. The van der Waals surface area contributed by atoms with Crippen LogP contribution < -0.4 is 10.6 Å². The van der Waals surface area contributed by atoms with Crippen molar-refractivity contribution in [2.24, 2.45) is 0 Å². The Labute approximate surface area is 120 Å². The third kappa shape index (κ3) is 3.98. The van der Waals surface area contributed by atoms with Gasteiger partial charge in [0, 0.05) is 19.7 Å². The summed E-state index contributed by atoms with van der Waals surface area (Å²) in [4.78, 5) is 23.3. The molecule has 0 spiro atoms. The third-order valence-electron chi connectivity index (χ3n) is 3.12. The fourth-order valence-corrected chi connectivity index (χ4v) is 2.06. The largest absolute Gasteiger partial charge is 0.368 e. The molecule has 0 saturated carbocycles. The Morgan fingerprint density at radius 1 is 1.19 bits per heavy atom.